The molecule has 168 valence electrons. The molecule has 1 unspecified atom stereocenters. The Labute approximate surface area is 182 Å². The molecule has 1 rings (SSSR count). The SMILES string of the molecule is C=CC(=O)NCc1cc(CNC(=O)C(CC(C)(C)CC)C(C)(CC)CC)ccc1O. The molecule has 3 N–H and O–H groups in total. The minimum atomic E-state index is -0.298. The third-order valence-corrected chi connectivity index (χ3v) is 6.74. The van der Waals surface area contributed by atoms with E-state index in [1.165, 1.54) is 6.08 Å². The fourth-order valence-electron chi connectivity index (χ4n) is 3.55. The Bertz CT molecular complexity index is 736. The van der Waals surface area contributed by atoms with E-state index < -0.39 is 0 Å². The van der Waals surface area contributed by atoms with Gasteiger partial charge in [-0.05, 0) is 53.9 Å². The van der Waals surface area contributed by atoms with Gasteiger partial charge >= 0.3 is 0 Å². The molecular weight excluding hydrogens is 376 g/mol. The fourth-order valence-corrected chi connectivity index (χ4v) is 3.55. The van der Waals surface area contributed by atoms with Crippen LogP contribution in [-0.4, -0.2) is 16.9 Å². The molecule has 1 atom stereocenters. The molecule has 5 nitrogen and oxygen atoms in total. The molecule has 0 saturated carbocycles. The summed E-state index contributed by atoms with van der Waals surface area (Å²) < 4.78 is 0. The number of benzene rings is 1. The van der Waals surface area contributed by atoms with E-state index in [-0.39, 0.29) is 40.9 Å². The summed E-state index contributed by atoms with van der Waals surface area (Å²) in [4.78, 5) is 24.6. The van der Waals surface area contributed by atoms with Crippen LogP contribution in [0.15, 0.2) is 30.9 Å². The van der Waals surface area contributed by atoms with Crippen molar-refractivity contribution < 1.29 is 14.7 Å². The standard InChI is InChI=1S/C25H40N2O3/c1-8-22(29)26-17-19-14-18(12-13-21(19)28)16-27-23(30)20(15-24(5,6)9-2)25(7,10-3)11-4/h8,12-14,20,28H,1,9-11,15-17H2,2-7H3,(H,26,29)(H,27,30). The molecule has 1 aromatic carbocycles. The van der Waals surface area contributed by atoms with E-state index in [9.17, 15) is 14.7 Å². The van der Waals surface area contributed by atoms with Gasteiger partial charge in [-0.25, -0.2) is 0 Å². The highest BCUT2D eigenvalue weighted by atomic mass is 16.3. The highest BCUT2D eigenvalue weighted by Gasteiger charge is 2.39. The minimum absolute atomic E-state index is 0.0500. The lowest BCUT2D eigenvalue weighted by Crippen LogP contribution is -2.42. The van der Waals surface area contributed by atoms with Gasteiger partial charge in [0.1, 0.15) is 5.75 Å². The molecule has 0 aromatic heterocycles. The Balaban J connectivity index is 2.95. The highest BCUT2D eigenvalue weighted by Crippen LogP contribution is 2.42. The number of hydrogen-bond donors (Lipinski definition) is 3. The molecule has 0 fully saturated rings. The van der Waals surface area contributed by atoms with Crippen LogP contribution in [0.25, 0.3) is 0 Å². The third-order valence-electron chi connectivity index (χ3n) is 6.74. The van der Waals surface area contributed by atoms with Gasteiger partial charge in [0.25, 0.3) is 0 Å². The van der Waals surface area contributed by atoms with Crippen LogP contribution >= 0.6 is 0 Å². The summed E-state index contributed by atoms with van der Waals surface area (Å²) >= 11 is 0. The number of carbonyl (C=O) groups is 2. The molecule has 30 heavy (non-hydrogen) atoms. The zero-order valence-corrected chi connectivity index (χ0v) is 19.6. The summed E-state index contributed by atoms with van der Waals surface area (Å²) in [5.41, 5.74) is 1.54. The normalized spacial score (nSPS) is 12.9. The van der Waals surface area contributed by atoms with Crippen LogP contribution in [0, 0.1) is 16.7 Å². The molecule has 0 bridgehead atoms. The van der Waals surface area contributed by atoms with E-state index in [0.717, 1.165) is 31.2 Å². The van der Waals surface area contributed by atoms with E-state index >= 15 is 0 Å². The van der Waals surface area contributed by atoms with Crippen LogP contribution in [0.4, 0.5) is 0 Å². The predicted molar refractivity (Wildman–Crippen MR) is 123 cm³/mol. The minimum Gasteiger partial charge on any atom is -0.508 e. The van der Waals surface area contributed by atoms with Gasteiger partial charge in [0.05, 0.1) is 0 Å². The Kier molecular flexibility index (Phi) is 9.60. The van der Waals surface area contributed by atoms with Crippen molar-refractivity contribution in [3.63, 3.8) is 0 Å². The van der Waals surface area contributed by atoms with Crippen LogP contribution in [-0.2, 0) is 22.7 Å². The van der Waals surface area contributed by atoms with Gasteiger partial charge in [-0.15, -0.1) is 0 Å². The van der Waals surface area contributed by atoms with Crippen molar-refractivity contribution in [2.24, 2.45) is 16.7 Å². The second-order valence-corrected chi connectivity index (χ2v) is 9.24. The second-order valence-electron chi connectivity index (χ2n) is 9.24. The maximum absolute atomic E-state index is 13.3. The van der Waals surface area contributed by atoms with Gasteiger partial charge in [0, 0.05) is 24.6 Å². The van der Waals surface area contributed by atoms with Crippen molar-refractivity contribution in [2.75, 3.05) is 0 Å². The maximum atomic E-state index is 13.3. The number of carbonyl (C=O) groups excluding carboxylic acids is 2. The fraction of sp³-hybridized carbons (Fsp3) is 0.600. The zero-order valence-electron chi connectivity index (χ0n) is 19.6. The molecule has 0 heterocycles. The molecule has 0 radical (unpaired) electrons. The van der Waals surface area contributed by atoms with Crippen molar-refractivity contribution in [2.45, 2.75) is 80.3 Å². The molecule has 0 saturated heterocycles. The summed E-state index contributed by atoms with van der Waals surface area (Å²) in [7, 11) is 0. The van der Waals surface area contributed by atoms with Crippen molar-refractivity contribution in [3.8, 4) is 5.75 Å². The van der Waals surface area contributed by atoms with Crippen LogP contribution < -0.4 is 10.6 Å². The van der Waals surface area contributed by atoms with Gasteiger partial charge in [-0.3, -0.25) is 9.59 Å². The lowest BCUT2D eigenvalue weighted by Gasteiger charge is -2.39. The van der Waals surface area contributed by atoms with E-state index in [0.29, 0.717) is 12.1 Å². The molecule has 5 heteroatoms. The first-order valence-corrected chi connectivity index (χ1v) is 11.0. The van der Waals surface area contributed by atoms with Crippen LogP contribution in [0.2, 0.25) is 0 Å². The lowest BCUT2D eigenvalue weighted by molar-refractivity contribution is -0.131. The average molecular weight is 417 g/mol. The van der Waals surface area contributed by atoms with E-state index in [4.69, 9.17) is 0 Å². The Morgan fingerprint density at radius 3 is 2.23 bits per heavy atom. The quantitative estimate of drug-likeness (QED) is 0.416. The van der Waals surface area contributed by atoms with E-state index in [1.807, 2.05) is 6.07 Å². The van der Waals surface area contributed by atoms with Crippen molar-refractivity contribution in [1.82, 2.24) is 10.6 Å². The molecular formula is C25H40N2O3. The molecule has 0 aliphatic heterocycles. The number of phenolic OH excluding ortho intramolecular Hbond substituents is 1. The van der Waals surface area contributed by atoms with Crippen LogP contribution in [0.1, 0.15) is 78.4 Å². The van der Waals surface area contributed by atoms with E-state index in [1.54, 1.807) is 12.1 Å². The van der Waals surface area contributed by atoms with E-state index in [2.05, 4.69) is 58.8 Å². The van der Waals surface area contributed by atoms with Crippen LogP contribution in [0.3, 0.4) is 0 Å². The first-order valence-electron chi connectivity index (χ1n) is 11.0. The Morgan fingerprint density at radius 1 is 1.07 bits per heavy atom. The molecule has 1 aromatic rings. The molecule has 0 aliphatic carbocycles. The van der Waals surface area contributed by atoms with Crippen molar-refractivity contribution in [1.29, 1.82) is 0 Å². The van der Waals surface area contributed by atoms with Gasteiger partial charge < -0.3 is 15.7 Å². The Hall–Kier alpha value is -2.30. The number of rotatable bonds is 12. The summed E-state index contributed by atoms with van der Waals surface area (Å²) in [6.07, 6.45) is 4.97. The zero-order chi connectivity index (χ0) is 22.9. The second kappa shape index (κ2) is 11.2. The Morgan fingerprint density at radius 2 is 1.70 bits per heavy atom. The van der Waals surface area contributed by atoms with Crippen LogP contribution in [0.5, 0.6) is 5.75 Å². The molecule has 0 spiro atoms. The van der Waals surface area contributed by atoms with Crippen molar-refractivity contribution >= 4 is 11.8 Å². The van der Waals surface area contributed by atoms with Gasteiger partial charge in [0.15, 0.2) is 0 Å². The topological polar surface area (TPSA) is 78.4 Å². The smallest absolute Gasteiger partial charge is 0.243 e. The summed E-state index contributed by atoms with van der Waals surface area (Å²) in [5, 5.41) is 15.8. The largest absolute Gasteiger partial charge is 0.508 e. The molecule has 0 aliphatic rings. The summed E-state index contributed by atoms with van der Waals surface area (Å²) in [6, 6.07) is 5.19. The molecule has 2 amide bonds. The van der Waals surface area contributed by atoms with Gasteiger partial charge in [-0.1, -0.05) is 60.6 Å². The monoisotopic (exact) mass is 416 g/mol. The number of nitrogens with one attached hydrogen (secondary N) is 2. The summed E-state index contributed by atoms with van der Waals surface area (Å²) in [5.74, 6) is -0.169. The third kappa shape index (κ3) is 7.19. The number of aromatic hydroxyl groups is 1. The predicted octanol–water partition coefficient (Wildman–Crippen LogP) is 5.08. The first-order chi connectivity index (χ1) is 14.0. The lowest BCUT2D eigenvalue weighted by atomic mass is 9.66. The number of hydrogen-bond acceptors (Lipinski definition) is 3. The number of phenols is 1. The van der Waals surface area contributed by atoms with Crippen molar-refractivity contribution in [3.05, 3.63) is 42.0 Å². The first kappa shape index (κ1) is 25.7. The maximum Gasteiger partial charge on any atom is 0.243 e. The highest BCUT2D eigenvalue weighted by molar-refractivity contribution is 5.86. The van der Waals surface area contributed by atoms with Gasteiger partial charge in [-0.2, -0.15) is 0 Å². The van der Waals surface area contributed by atoms with Gasteiger partial charge in [0.2, 0.25) is 11.8 Å². The number of amides is 2. The average Bonchev–Trinajstić information content (AvgIpc) is 2.74. The summed E-state index contributed by atoms with van der Waals surface area (Å²) in [6.45, 7) is 17.2.